The molecule has 0 radical (unpaired) electrons. The summed E-state index contributed by atoms with van der Waals surface area (Å²) in [7, 11) is 0. The van der Waals surface area contributed by atoms with Crippen LogP contribution in [0.3, 0.4) is 0 Å². The van der Waals surface area contributed by atoms with E-state index < -0.39 is 35.4 Å². The summed E-state index contributed by atoms with van der Waals surface area (Å²) in [5.41, 5.74) is 0.389. The smallest absolute Gasteiger partial charge is 0.416 e. The van der Waals surface area contributed by atoms with Gasteiger partial charge in [0.1, 0.15) is 23.0 Å². The third-order valence-electron chi connectivity index (χ3n) is 8.76. The number of ether oxygens (including phenoxy) is 5. The maximum Gasteiger partial charge on any atom is 0.416 e. The number of thioether (sulfide) groups is 2. The Morgan fingerprint density at radius 1 is 0.600 bits per heavy atom. The first kappa shape index (κ1) is 49.7. The van der Waals surface area contributed by atoms with Crippen molar-refractivity contribution in [2.75, 3.05) is 44.5 Å². The zero-order valence-corrected chi connectivity index (χ0v) is 35.6. The number of benzene rings is 4. The topological polar surface area (TPSA) is 101 Å². The lowest BCUT2D eigenvalue weighted by atomic mass is 10.1. The highest BCUT2D eigenvalue weighted by Gasteiger charge is 2.31. The molecule has 0 spiro atoms. The summed E-state index contributed by atoms with van der Waals surface area (Å²) < 4.78 is 103. The van der Waals surface area contributed by atoms with Crippen molar-refractivity contribution in [2.24, 2.45) is 11.8 Å². The number of rotatable bonds is 21. The second-order valence-corrected chi connectivity index (χ2v) is 15.7. The highest BCUT2D eigenvalue weighted by atomic mass is 32.2. The third kappa shape index (κ3) is 17.9. The molecular weight excluding hydrogens is 835 g/mol. The quantitative estimate of drug-likeness (QED) is 0.0494. The number of hydrogen-bond donors (Lipinski definition) is 1. The Hall–Kier alpha value is -4.70. The maximum atomic E-state index is 12.6. The van der Waals surface area contributed by atoms with Crippen LogP contribution >= 0.6 is 23.5 Å². The molecule has 2 atom stereocenters. The molecule has 0 aliphatic rings. The molecule has 0 unspecified atom stereocenters. The molecule has 1 N–H and O–H groups in total. The largest absolute Gasteiger partial charge is 0.493 e. The number of esters is 1. The predicted molar refractivity (Wildman–Crippen MR) is 221 cm³/mol. The van der Waals surface area contributed by atoms with Gasteiger partial charge in [-0.3, -0.25) is 0 Å². The Morgan fingerprint density at radius 3 is 1.33 bits per heavy atom. The van der Waals surface area contributed by atoms with E-state index in [4.69, 9.17) is 28.8 Å². The Labute approximate surface area is 355 Å². The van der Waals surface area contributed by atoms with Gasteiger partial charge >= 0.3 is 24.3 Å². The first-order chi connectivity index (χ1) is 28.4. The number of halogens is 6. The molecule has 4 aromatic rings. The van der Waals surface area contributed by atoms with Crippen molar-refractivity contribution in [3.8, 4) is 23.0 Å². The van der Waals surface area contributed by atoms with Gasteiger partial charge in [0.2, 0.25) is 0 Å². The van der Waals surface area contributed by atoms with Gasteiger partial charge in [0.05, 0.1) is 30.9 Å². The standard InChI is InChI=1S/C23H27F3O4S.C21H23F3O4S/c1-4-17(13-29-19-8-6-18(7-9-19)23(24,25)26)15-31-20-10-11-21(16(3)12-20)30-14-22(27)28-5-2;1-3-15(11-27-17-6-4-16(5-7-17)21(22,23)24)13-29-18-8-9-19(14(2)10-18)28-12-20(25)26/h6-12,17H,4-5,13-15H2,1-3H3;4-10,15H,3,11-13H2,1-2H3,(H,25,26)/t17-;15-/m11/s1. The molecule has 0 heterocycles. The summed E-state index contributed by atoms with van der Waals surface area (Å²) in [4.78, 5) is 24.1. The number of aryl methyl sites for hydroxylation is 2. The molecule has 8 nitrogen and oxygen atoms in total. The lowest BCUT2D eigenvalue weighted by Gasteiger charge is -2.17. The third-order valence-corrected chi connectivity index (χ3v) is 11.2. The number of carboxylic acids is 1. The van der Waals surface area contributed by atoms with Gasteiger partial charge in [-0.15, -0.1) is 23.5 Å². The van der Waals surface area contributed by atoms with Crippen LogP contribution in [-0.2, 0) is 26.7 Å². The Balaban J connectivity index is 0.000000321. The minimum absolute atomic E-state index is 0.125. The Bertz CT molecular complexity index is 1920. The van der Waals surface area contributed by atoms with Gasteiger partial charge in [0.15, 0.2) is 13.2 Å². The minimum atomic E-state index is -4.35. The molecule has 4 aromatic carbocycles. The van der Waals surface area contributed by atoms with Gasteiger partial charge in [0, 0.05) is 33.1 Å². The fourth-order valence-electron chi connectivity index (χ4n) is 5.13. The second-order valence-electron chi connectivity index (χ2n) is 13.5. The molecule has 0 aromatic heterocycles. The first-order valence-electron chi connectivity index (χ1n) is 19.1. The zero-order valence-electron chi connectivity index (χ0n) is 34.0. The normalized spacial score (nSPS) is 12.4. The second kappa shape index (κ2) is 24.5. The summed E-state index contributed by atoms with van der Waals surface area (Å²) >= 11 is 3.31. The van der Waals surface area contributed by atoms with Crippen molar-refractivity contribution >= 4 is 35.5 Å². The number of carbonyl (C=O) groups excluding carboxylic acids is 1. The van der Waals surface area contributed by atoms with Crippen molar-refractivity contribution in [3.63, 3.8) is 0 Å². The fourth-order valence-corrected chi connectivity index (χ4v) is 7.50. The van der Waals surface area contributed by atoms with Crippen LogP contribution in [0.15, 0.2) is 94.7 Å². The van der Waals surface area contributed by atoms with Gasteiger partial charge in [-0.05, 0) is 130 Å². The summed E-state index contributed by atoms with van der Waals surface area (Å²) in [6.45, 7) is 10.2. The SMILES string of the molecule is CCOC(=O)COc1ccc(SC[C@H](CC)COc2ccc(C(F)(F)F)cc2)cc1C.CC[C@H](COc1ccc(C(F)(F)F)cc1)CSc1ccc(OCC(=O)O)c(C)c1. The molecule has 0 aliphatic heterocycles. The summed E-state index contributed by atoms with van der Waals surface area (Å²) in [5.74, 6) is 2.64. The summed E-state index contributed by atoms with van der Waals surface area (Å²) in [6.07, 6.45) is -6.95. The molecule has 0 aliphatic carbocycles. The van der Waals surface area contributed by atoms with Crippen LogP contribution in [0.5, 0.6) is 23.0 Å². The van der Waals surface area contributed by atoms with E-state index in [2.05, 4.69) is 6.92 Å². The molecule has 328 valence electrons. The molecule has 16 heteroatoms. The minimum Gasteiger partial charge on any atom is -0.493 e. The van der Waals surface area contributed by atoms with Crippen LogP contribution in [0.25, 0.3) is 0 Å². The van der Waals surface area contributed by atoms with Crippen LogP contribution in [0.4, 0.5) is 26.3 Å². The van der Waals surface area contributed by atoms with E-state index in [9.17, 15) is 35.9 Å². The van der Waals surface area contributed by atoms with Gasteiger partial charge in [-0.25, -0.2) is 9.59 Å². The average Bonchev–Trinajstić information content (AvgIpc) is 3.20. The van der Waals surface area contributed by atoms with Crippen molar-refractivity contribution in [2.45, 2.75) is 69.6 Å². The number of hydrogen-bond acceptors (Lipinski definition) is 9. The summed E-state index contributed by atoms with van der Waals surface area (Å²) in [5, 5.41) is 8.68. The van der Waals surface area contributed by atoms with Crippen molar-refractivity contribution in [1.82, 2.24) is 0 Å². The van der Waals surface area contributed by atoms with Crippen LogP contribution in [0.1, 0.15) is 55.9 Å². The molecule has 0 bridgehead atoms. The van der Waals surface area contributed by atoms with Crippen molar-refractivity contribution < 1.29 is 64.7 Å². The van der Waals surface area contributed by atoms with E-state index in [1.54, 1.807) is 36.5 Å². The van der Waals surface area contributed by atoms with Gasteiger partial charge in [-0.1, -0.05) is 13.8 Å². The summed E-state index contributed by atoms with van der Waals surface area (Å²) in [6, 6.07) is 20.8. The first-order valence-corrected chi connectivity index (χ1v) is 21.1. The van der Waals surface area contributed by atoms with Crippen LogP contribution < -0.4 is 18.9 Å². The van der Waals surface area contributed by atoms with E-state index in [1.165, 1.54) is 24.3 Å². The fraction of sp³-hybridized carbons (Fsp3) is 0.409. The van der Waals surface area contributed by atoms with E-state index in [0.29, 0.717) is 42.8 Å². The van der Waals surface area contributed by atoms with Gasteiger partial charge < -0.3 is 28.8 Å². The van der Waals surface area contributed by atoms with Crippen molar-refractivity contribution in [1.29, 1.82) is 0 Å². The van der Waals surface area contributed by atoms with E-state index in [-0.39, 0.29) is 25.0 Å². The van der Waals surface area contributed by atoms with E-state index in [1.807, 2.05) is 51.1 Å². The monoisotopic (exact) mass is 884 g/mol. The number of alkyl halides is 6. The number of carbonyl (C=O) groups is 2. The van der Waals surface area contributed by atoms with E-state index >= 15 is 0 Å². The Morgan fingerprint density at radius 2 is 1.00 bits per heavy atom. The predicted octanol–water partition coefficient (Wildman–Crippen LogP) is 11.8. The average molecular weight is 885 g/mol. The molecule has 0 saturated carbocycles. The number of carboxylic acid groups (broad SMARTS) is 1. The molecular formula is C44H50F6O8S2. The van der Waals surface area contributed by atoms with Crippen molar-refractivity contribution in [3.05, 3.63) is 107 Å². The van der Waals surface area contributed by atoms with Crippen LogP contribution in [-0.4, -0.2) is 61.6 Å². The highest BCUT2D eigenvalue weighted by Crippen LogP contribution is 2.33. The van der Waals surface area contributed by atoms with E-state index in [0.717, 1.165) is 69.5 Å². The van der Waals surface area contributed by atoms with Gasteiger partial charge in [0.25, 0.3) is 0 Å². The molecule has 0 saturated heterocycles. The van der Waals surface area contributed by atoms with Crippen LogP contribution in [0.2, 0.25) is 0 Å². The number of aliphatic carboxylic acids is 1. The Kier molecular flexibility index (Phi) is 20.3. The highest BCUT2D eigenvalue weighted by molar-refractivity contribution is 7.99. The van der Waals surface area contributed by atoms with Gasteiger partial charge in [-0.2, -0.15) is 26.3 Å². The van der Waals surface area contributed by atoms with Crippen LogP contribution in [0, 0.1) is 25.7 Å². The molecule has 60 heavy (non-hydrogen) atoms. The molecule has 0 fully saturated rings. The molecule has 0 amide bonds. The lowest BCUT2D eigenvalue weighted by molar-refractivity contribution is -0.145. The maximum absolute atomic E-state index is 12.6. The lowest BCUT2D eigenvalue weighted by Crippen LogP contribution is -2.15. The zero-order chi connectivity index (χ0) is 44.3. The molecule has 4 rings (SSSR count).